The van der Waals surface area contributed by atoms with Crippen LogP contribution in [0.15, 0.2) is 21.3 Å². The SMILES string of the molecule is Cc1c(C)c2ccc(OC(=O)[C@H]3CCCN3C(=O)OC(C)(C)C)c(C)c2oc1=O. The van der Waals surface area contributed by atoms with Crippen LogP contribution in [0, 0.1) is 20.8 Å². The van der Waals surface area contributed by atoms with Gasteiger partial charge >= 0.3 is 17.7 Å². The van der Waals surface area contributed by atoms with Crippen molar-refractivity contribution in [3.8, 4) is 5.75 Å². The molecule has 7 nitrogen and oxygen atoms in total. The van der Waals surface area contributed by atoms with Gasteiger partial charge in [0.15, 0.2) is 0 Å². The number of amides is 1. The Hall–Kier alpha value is -2.83. The number of hydrogen-bond acceptors (Lipinski definition) is 6. The summed E-state index contributed by atoms with van der Waals surface area (Å²) in [4.78, 5) is 38.7. The average molecular weight is 401 g/mol. The van der Waals surface area contributed by atoms with Crippen molar-refractivity contribution in [2.24, 2.45) is 0 Å². The van der Waals surface area contributed by atoms with Gasteiger partial charge in [-0.2, -0.15) is 0 Å². The summed E-state index contributed by atoms with van der Waals surface area (Å²) in [5.41, 5.74) is 1.31. The Bertz CT molecular complexity index is 1030. The molecule has 2 heterocycles. The van der Waals surface area contributed by atoms with Crippen molar-refractivity contribution in [3.05, 3.63) is 39.2 Å². The standard InChI is InChI=1S/C22H27NO6/c1-12-13(2)19(24)28-18-14(3)17(10-9-15(12)18)27-20(25)16-8-7-11-23(16)21(26)29-22(4,5)6/h9-10,16H,7-8,11H2,1-6H3/t16-/m1/s1. The van der Waals surface area contributed by atoms with E-state index in [0.717, 1.165) is 10.9 Å². The van der Waals surface area contributed by atoms with Crippen molar-refractivity contribution in [2.75, 3.05) is 6.54 Å². The number of fused-ring (bicyclic) bond motifs is 1. The zero-order chi connectivity index (χ0) is 21.5. The maximum atomic E-state index is 12.8. The number of hydrogen-bond donors (Lipinski definition) is 0. The monoisotopic (exact) mass is 401 g/mol. The fraction of sp³-hybridized carbons (Fsp3) is 0.500. The van der Waals surface area contributed by atoms with Crippen molar-refractivity contribution in [1.82, 2.24) is 4.90 Å². The predicted octanol–water partition coefficient (Wildman–Crippen LogP) is 4.02. The van der Waals surface area contributed by atoms with Crippen LogP contribution in [-0.4, -0.2) is 35.2 Å². The Kier molecular flexibility index (Phi) is 5.43. The summed E-state index contributed by atoms with van der Waals surface area (Å²) >= 11 is 0. The molecule has 0 radical (unpaired) electrons. The van der Waals surface area contributed by atoms with Crippen LogP contribution in [0.2, 0.25) is 0 Å². The van der Waals surface area contributed by atoms with Gasteiger partial charge in [0.1, 0.15) is 23.0 Å². The van der Waals surface area contributed by atoms with Crippen LogP contribution in [0.25, 0.3) is 11.0 Å². The number of aryl methyl sites for hydroxylation is 2. The molecule has 0 aliphatic carbocycles. The first-order valence-electron chi connectivity index (χ1n) is 9.74. The third-order valence-corrected chi connectivity index (χ3v) is 5.19. The van der Waals surface area contributed by atoms with E-state index in [0.29, 0.717) is 41.8 Å². The molecule has 0 unspecified atom stereocenters. The molecule has 156 valence electrons. The van der Waals surface area contributed by atoms with Crippen molar-refractivity contribution in [2.45, 2.75) is 66.0 Å². The van der Waals surface area contributed by atoms with E-state index in [-0.39, 0.29) is 0 Å². The van der Waals surface area contributed by atoms with Crippen LogP contribution in [-0.2, 0) is 9.53 Å². The van der Waals surface area contributed by atoms with Gasteiger partial charge in [0.2, 0.25) is 0 Å². The Morgan fingerprint density at radius 2 is 1.79 bits per heavy atom. The van der Waals surface area contributed by atoms with E-state index in [1.807, 2.05) is 6.92 Å². The highest BCUT2D eigenvalue weighted by molar-refractivity contribution is 5.88. The van der Waals surface area contributed by atoms with E-state index in [1.54, 1.807) is 46.8 Å². The van der Waals surface area contributed by atoms with E-state index in [4.69, 9.17) is 13.9 Å². The predicted molar refractivity (Wildman–Crippen MR) is 108 cm³/mol. The lowest BCUT2D eigenvalue weighted by atomic mass is 10.0. The van der Waals surface area contributed by atoms with Gasteiger partial charge in [-0.15, -0.1) is 0 Å². The van der Waals surface area contributed by atoms with Crippen LogP contribution >= 0.6 is 0 Å². The van der Waals surface area contributed by atoms with Gasteiger partial charge in [0, 0.05) is 23.1 Å². The topological polar surface area (TPSA) is 86.1 Å². The smallest absolute Gasteiger partial charge is 0.411 e. The first kappa shape index (κ1) is 20.9. The minimum absolute atomic E-state index is 0.310. The van der Waals surface area contributed by atoms with Gasteiger partial charge in [0.25, 0.3) is 0 Å². The van der Waals surface area contributed by atoms with Gasteiger partial charge in [-0.1, -0.05) is 0 Å². The molecule has 1 aromatic heterocycles. The Morgan fingerprint density at radius 1 is 1.10 bits per heavy atom. The molecule has 1 atom stereocenters. The van der Waals surface area contributed by atoms with Crippen molar-refractivity contribution < 1.29 is 23.5 Å². The molecular weight excluding hydrogens is 374 g/mol. The number of likely N-dealkylation sites (tertiary alicyclic amines) is 1. The summed E-state index contributed by atoms with van der Waals surface area (Å²) < 4.78 is 16.4. The van der Waals surface area contributed by atoms with Gasteiger partial charge < -0.3 is 13.9 Å². The average Bonchev–Trinajstić information content (AvgIpc) is 3.11. The number of rotatable bonds is 2. The highest BCUT2D eigenvalue weighted by atomic mass is 16.6. The molecule has 1 amide bonds. The molecule has 1 aromatic carbocycles. The molecule has 2 aromatic rings. The summed E-state index contributed by atoms with van der Waals surface area (Å²) in [5.74, 6) is -0.216. The molecule has 0 spiro atoms. The lowest BCUT2D eigenvalue weighted by Crippen LogP contribution is -2.44. The zero-order valence-corrected chi connectivity index (χ0v) is 17.8. The van der Waals surface area contributed by atoms with E-state index < -0.39 is 29.3 Å². The third kappa shape index (κ3) is 4.13. The first-order valence-corrected chi connectivity index (χ1v) is 9.74. The number of ether oxygens (including phenoxy) is 2. The molecule has 1 fully saturated rings. The molecule has 1 aliphatic rings. The fourth-order valence-electron chi connectivity index (χ4n) is 3.46. The van der Waals surface area contributed by atoms with Crippen LogP contribution in [0.5, 0.6) is 5.75 Å². The normalized spacial score (nSPS) is 16.9. The molecule has 29 heavy (non-hydrogen) atoms. The summed E-state index contributed by atoms with van der Waals surface area (Å²) in [7, 11) is 0. The van der Waals surface area contributed by atoms with Crippen LogP contribution in [0.4, 0.5) is 4.79 Å². The second-order valence-electron chi connectivity index (χ2n) is 8.46. The maximum absolute atomic E-state index is 12.8. The second kappa shape index (κ2) is 7.54. The highest BCUT2D eigenvalue weighted by Gasteiger charge is 2.38. The molecule has 1 aliphatic heterocycles. The number of nitrogens with zero attached hydrogens (tertiary/aromatic N) is 1. The summed E-state index contributed by atoms with van der Waals surface area (Å²) in [6.07, 6.45) is 0.686. The van der Waals surface area contributed by atoms with E-state index in [1.165, 1.54) is 4.90 Å². The molecule has 0 saturated carbocycles. The minimum atomic E-state index is -0.702. The molecule has 1 saturated heterocycles. The molecular formula is C22H27NO6. The first-order chi connectivity index (χ1) is 13.5. The lowest BCUT2D eigenvalue weighted by molar-refractivity contribution is -0.139. The number of carbonyl (C=O) groups is 2. The molecule has 0 N–H and O–H groups in total. The molecule has 3 rings (SSSR count). The maximum Gasteiger partial charge on any atom is 0.411 e. The van der Waals surface area contributed by atoms with Gasteiger partial charge in [0.05, 0.1) is 0 Å². The van der Waals surface area contributed by atoms with E-state index in [2.05, 4.69) is 0 Å². The Labute approximate surface area is 169 Å². The van der Waals surface area contributed by atoms with Gasteiger partial charge in [-0.3, -0.25) is 4.90 Å². The van der Waals surface area contributed by atoms with Gasteiger partial charge in [-0.05, 0) is 72.1 Å². The fourth-order valence-corrected chi connectivity index (χ4v) is 3.46. The third-order valence-electron chi connectivity index (χ3n) is 5.19. The largest absolute Gasteiger partial charge is 0.444 e. The van der Waals surface area contributed by atoms with Gasteiger partial charge in [-0.25, -0.2) is 14.4 Å². The highest BCUT2D eigenvalue weighted by Crippen LogP contribution is 2.30. The number of esters is 1. The zero-order valence-electron chi connectivity index (χ0n) is 17.8. The Balaban J connectivity index is 1.86. The quantitative estimate of drug-likeness (QED) is 0.429. The number of benzene rings is 1. The van der Waals surface area contributed by atoms with E-state index >= 15 is 0 Å². The minimum Gasteiger partial charge on any atom is -0.444 e. The number of carbonyl (C=O) groups excluding carboxylic acids is 2. The van der Waals surface area contributed by atoms with E-state index in [9.17, 15) is 14.4 Å². The van der Waals surface area contributed by atoms with Crippen LogP contribution in [0.1, 0.15) is 50.3 Å². The van der Waals surface area contributed by atoms with Crippen molar-refractivity contribution in [3.63, 3.8) is 0 Å². The summed E-state index contributed by atoms with van der Waals surface area (Å²) in [6, 6.07) is 2.76. The summed E-state index contributed by atoms with van der Waals surface area (Å²) in [5, 5.41) is 0.802. The molecule has 0 bridgehead atoms. The molecule has 7 heteroatoms. The van der Waals surface area contributed by atoms with Crippen molar-refractivity contribution in [1.29, 1.82) is 0 Å². The second-order valence-corrected chi connectivity index (χ2v) is 8.46. The Morgan fingerprint density at radius 3 is 2.45 bits per heavy atom. The van der Waals surface area contributed by atoms with Crippen LogP contribution in [0.3, 0.4) is 0 Å². The lowest BCUT2D eigenvalue weighted by Gasteiger charge is -2.27. The summed E-state index contributed by atoms with van der Waals surface area (Å²) in [6.45, 7) is 11.1. The van der Waals surface area contributed by atoms with Crippen LogP contribution < -0.4 is 10.4 Å². The van der Waals surface area contributed by atoms with Crippen molar-refractivity contribution >= 4 is 23.0 Å².